The van der Waals surface area contributed by atoms with Gasteiger partial charge in [0.1, 0.15) is 5.76 Å². The van der Waals surface area contributed by atoms with E-state index in [1.807, 2.05) is 32.9 Å². The van der Waals surface area contributed by atoms with Crippen molar-refractivity contribution in [3.8, 4) is 0 Å². The fourth-order valence-corrected chi connectivity index (χ4v) is 4.80. The molecular weight excluding hydrogens is 498 g/mol. The summed E-state index contributed by atoms with van der Waals surface area (Å²) in [4.78, 5) is 39.4. The number of carboxylic acid groups (broad SMARTS) is 1. The molecule has 3 aromatic rings. The Morgan fingerprint density at radius 3 is 2.12 bits per heavy atom. The molecule has 0 aromatic heterocycles. The lowest BCUT2D eigenvalue weighted by molar-refractivity contribution is -0.132. The predicted molar refractivity (Wildman–Crippen MR) is 133 cm³/mol. The quantitative estimate of drug-likeness (QED) is 0.262. The molecule has 1 atom stereocenters. The first-order valence-electron chi connectivity index (χ1n) is 10.6. The summed E-state index contributed by atoms with van der Waals surface area (Å²) in [5.74, 6) is -3.06. The van der Waals surface area contributed by atoms with E-state index in [2.05, 4.69) is 15.9 Å². The molecule has 4 rings (SSSR count). The van der Waals surface area contributed by atoms with Gasteiger partial charge >= 0.3 is 5.97 Å². The van der Waals surface area contributed by atoms with Crippen LogP contribution in [0, 0.1) is 20.8 Å². The van der Waals surface area contributed by atoms with Crippen LogP contribution in [0.3, 0.4) is 0 Å². The highest BCUT2D eigenvalue weighted by Gasteiger charge is 2.47. The normalized spacial score (nSPS) is 17.3. The molecule has 3 aromatic carbocycles. The second-order valence-corrected chi connectivity index (χ2v) is 9.27. The van der Waals surface area contributed by atoms with Gasteiger partial charge in [0.25, 0.3) is 11.7 Å². The minimum atomic E-state index is -1.15. The molecule has 1 aliphatic heterocycles. The smallest absolute Gasteiger partial charge is 0.335 e. The van der Waals surface area contributed by atoms with Crippen LogP contribution in [0.5, 0.6) is 0 Å². The van der Waals surface area contributed by atoms with Crippen LogP contribution >= 0.6 is 15.9 Å². The van der Waals surface area contributed by atoms with E-state index in [0.717, 1.165) is 21.2 Å². The van der Waals surface area contributed by atoms with Gasteiger partial charge in [-0.15, -0.1) is 0 Å². The molecule has 1 fully saturated rings. The lowest BCUT2D eigenvalue weighted by Crippen LogP contribution is -2.29. The number of benzene rings is 3. The van der Waals surface area contributed by atoms with Crippen LogP contribution in [0.1, 0.15) is 44.2 Å². The van der Waals surface area contributed by atoms with E-state index in [4.69, 9.17) is 0 Å². The Balaban J connectivity index is 2.00. The van der Waals surface area contributed by atoms with E-state index in [1.165, 1.54) is 23.1 Å². The molecule has 0 bridgehead atoms. The van der Waals surface area contributed by atoms with Crippen molar-refractivity contribution in [3.63, 3.8) is 0 Å². The third-order valence-electron chi connectivity index (χ3n) is 5.92. The van der Waals surface area contributed by atoms with E-state index in [0.29, 0.717) is 11.1 Å². The minimum absolute atomic E-state index is 0.0146. The molecule has 6 nitrogen and oxygen atoms in total. The molecule has 1 heterocycles. The van der Waals surface area contributed by atoms with E-state index in [1.54, 1.807) is 30.3 Å². The van der Waals surface area contributed by atoms with E-state index < -0.39 is 23.7 Å². The van der Waals surface area contributed by atoms with Gasteiger partial charge in [0.05, 0.1) is 17.2 Å². The van der Waals surface area contributed by atoms with Crippen LogP contribution in [0.15, 0.2) is 70.7 Å². The Kier molecular flexibility index (Phi) is 6.15. The van der Waals surface area contributed by atoms with Crippen molar-refractivity contribution < 1.29 is 24.6 Å². The van der Waals surface area contributed by atoms with Crippen molar-refractivity contribution >= 4 is 45.0 Å². The van der Waals surface area contributed by atoms with Gasteiger partial charge in [-0.25, -0.2) is 4.79 Å². The highest BCUT2D eigenvalue weighted by molar-refractivity contribution is 9.10. The van der Waals surface area contributed by atoms with Crippen LogP contribution in [-0.4, -0.2) is 27.9 Å². The third kappa shape index (κ3) is 4.03. The number of aliphatic hydroxyl groups is 1. The topological polar surface area (TPSA) is 94.9 Å². The average molecular weight is 520 g/mol. The fraction of sp³-hybridized carbons (Fsp3) is 0.148. The molecule has 0 unspecified atom stereocenters. The molecule has 172 valence electrons. The lowest BCUT2D eigenvalue weighted by atomic mass is 9.91. The van der Waals surface area contributed by atoms with Crippen LogP contribution < -0.4 is 4.90 Å². The van der Waals surface area contributed by atoms with Gasteiger partial charge in [0, 0.05) is 15.7 Å². The number of hydrogen-bond donors (Lipinski definition) is 2. The minimum Gasteiger partial charge on any atom is -0.507 e. The maximum Gasteiger partial charge on any atom is 0.335 e. The number of Topliss-reactive ketones (excluding diaryl/α,β-unsaturated/α-hetero) is 1. The summed E-state index contributed by atoms with van der Waals surface area (Å²) < 4.78 is 0.811. The Hall–Kier alpha value is -3.71. The van der Waals surface area contributed by atoms with Gasteiger partial charge in [-0.05, 0) is 67.8 Å². The first-order valence-corrected chi connectivity index (χ1v) is 11.4. The Labute approximate surface area is 205 Å². The van der Waals surface area contributed by atoms with E-state index in [9.17, 15) is 24.6 Å². The first kappa shape index (κ1) is 23.4. The third-order valence-corrected chi connectivity index (χ3v) is 6.44. The second-order valence-electron chi connectivity index (χ2n) is 8.35. The number of carboxylic acids is 1. The molecule has 34 heavy (non-hydrogen) atoms. The van der Waals surface area contributed by atoms with Crippen molar-refractivity contribution in [3.05, 3.63) is 104 Å². The highest BCUT2D eigenvalue weighted by atomic mass is 79.9. The predicted octanol–water partition coefficient (Wildman–Crippen LogP) is 5.70. The van der Waals surface area contributed by atoms with Crippen molar-refractivity contribution in [2.75, 3.05) is 4.90 Å². The fourth-order valence-electron chi connectivity index (χ4n) is 4.54. The molecule has 1 aliphatic rings. The molecule has 2 N–H and O–H groups in total. The molecule has 0 spiro atoms. The van der Waals surface area contributed by atoms with Gasteiger partial charge in [-0.3, -0.25) is 14.5 Å². The summed E-state index contributed by atoms with van der Waals surface area (Å²) in [5, 5.41) is 20.9. The number of ketones is 1. The molecule has 0 radical (unpaired) electrons. The zero-order valence-corrected chi connectivity index (χ0v) is 20.4. The summed E-state index contributed by atoms with van der Waals surface area (Å²) >= 11 is 3.40. The van der Waals surface area contributed by atoms with Crippen LogP contribution in [-0.2, 0) is 9.59 Å². The van der Waals surface area contributed by atoms with Crippen molar-refractivity contribution in [1.29, 1.82) is 0 Å². The zero-order valence-electron chi connectivity index (χ0n) is 18.8. The summed E-state index contributed by atoms with van der Waals surface area (Å²) in [5.41, 5.74) is 3.89. The maximum absolute atomic E-state index is 13.3. The Morgan fingerprint density at radius 2 is 1.53 bits per heavy atom. The summed E-state index contributed by atoms with van der Waals surface area (Å²) in [6, 6.07) is 15.8. The van der Waals surface area contributed by atoms with Crippen LogP contribution in [0.4, 0.5) is 5.69 Å². The number of carbonyl (C=O) groups excluding carboxylic acids is 2. The molecule has 1 amide bonds. The second kappa shape index (κ2) is 8.91. The van der Waals surface area contributed by atoms with Gasteiger partial charge in [-0.1, -0.05) is 51.8 Å². The molecular formula is C27H22BrNO5. The van der Waals surface area contributed by atoms with Crippen molar-refractivity contribution in [1.82, 2.24) is 0 Å². The average Bonchev–Trinajstić information content (AvgIpc) is 3.04. The number of halogens is 1. The molecule has 0 aliphatic carbocycles. The number of hydrogen-bond acceptors (Lipinski definition) is 4. The standard InChI is InChI=1S/C27H22BrNO5/c1-14-11-15(2)21(16(3)12-14)24(30)22-23(17-7-9-19(28)10-8-17)29(26(32)25(22)31)20-6-4-5-18(13-20)27(33)34/h4-13,23,30H,1-3H3,(H,33,34)/b24-22+/t23-/m1/s1. The number of anilines is 1. The number of aromatic carboxylic acids is 1. The SMILES string of the molecule is Cc1cc(C)c(/C(O)=C2\C(=O)C(=O)N(c3cccc(C(=O)O)c3)[C@@H]2c2ccc(Br)cc2)c(C)c1. The van der Waals surface area contributed by atoms with Gasteiger partial charge < -0.3 is 10.2 Å². The molecule has 7 heteroatoms. The Morgan fingerprint density at radius 1 is 0.912 bits per heavy atom. The number of carbonyl (C=O) groups is 3. The monoisotopic (exact) mass is 519 g/mol. The summed E-state index contributed by atoms with van der Waals surface area (Å²) in [6.45, 7) is 5.63. The Bertz CT molecular complexity index is 1350. The van der Waals surface area contributed by atoms with Crippen LogP contribution in [0.25, 0.3) is 5.76 Å². The largest absolute Gasteiger partial charge is 0.507 e. The molecule has 0 saturated carbocycles. The van der Waals surface area contributed by atoms with E-state index >= 15 is 0 Å². The number of amides is 1. The molecule has 1 saturated heterocycles. The van der Waals surface area contributed by atoms with Crippen molar-refractivity contribution in [2.45, 2.75) is 26.8 Å². The number of rotatable bonds is 4. The van der Waals surface area contributed by atoms with Gasteiger partial charge in [-0.2, -0.15) is 0 Å². The maximum atomic E-state index is 13.3. The summed E-state index contributed by atoms with van der Waals surface area (Å²) in [7, 11) is 0. The van der Waals surface area contributed by atoms with E-state index in [-0.39, 0.29) is 22.6 Å². The number of aliphatic hydroxyl groups excluding tert-OH is 1. The van der Waals surface area contributed by atoms with Gasteiger partial charge in [0.2, 0.25) is 0 Å². The first-order chi connectivity index (χ1) is 16.1. The highest BCUT2D eigenvalue weighted by Crippen LogP contribution is 2.43. The van der Waals surface area contributed by atoms with Gasteiger partial charge in [0.15, 0.2) is 0 Å². The number of aryl methyl sites for hydroxylation is 3. The lowest BCUT2D eigenvalue weighted by Gasteiger charge is -2.26. The zero-order chi connectivity index (χ0) is 24.7. The van der Waals surface area contributed by atoms with Crippen LogP contribution in [0.2, 0.25) is 0 Å². The number of nitrogens with zero attached hydrogens (tertiary/aromatic N) is 1. The summed E-state index contributed by atoms with van der Waals surface area (Å²) in [6.07, 6.45) is 0. The van der Waals surface area contributed by atoms with Crippen molar-refractivity contribution in [2.24, 2.45) is 0 Å².